The third-order valence-corrected chi connectivity index (χ3v) is 6.19. The SMILES string of the molecule is CC1(C)CC([N+](C)(C)C)C(I)C(C)(C)N1O. The van der Waals surface area contributed by atoms with Gasteiger partial charge in [-0.05, 0) is 27.7 Å². The van der Waals surface area contributed by atoms with Gasteiger partial charge < -0.3 is 9.69 Å². The number of hydroxylamine groups is 2. The van der Waals surface area contributed by atoms with Crippen LogP contribution < -0.4 is 0 Å². The van der Waals surface area contributed by atoms with E-state index in [1.807, 2.05) is 0 Å². The molecule has 0 bridgehead atoms. The van der Waals surface area contributed by atoms with Crippen molar-refractivity contribution in [3.05, 3.63) is 0 Å². The number of hydrogen-bond acceptors (Lipinski definition) is 2. The average molecular weight is 341 g/mol. The van der Waals surface area contributed by atoms with Crippen LogP contribution in [0, 0.1) is 0 Å². The lowest BCUT2D eigenvalue weighted by Crippen LogP contribution is -2.70. The van der Waals surface area contributed by atoms with Crippen molar-refractivity contribution in [1.29, 1.82) is 0 Å². The summed E-state index contributed by atoms with van der Waals surface area (Å²) in [6, 6.07) is 0.564. The summed E-state index contributed by atoms with van der Waals surface area (Å²) < 4.78 is 1.39. The van der Waals surface area contributed by atoms with Gasteiger partial charge in [-0.1, -0.05) is 22.6 Å². The molecule has 4 heteroatoms. The lowest BCUT2D eigenvalue weighted by Gasteiger charge is -2.56. The number of quaternary nitrogens is 1. The van der Waals surface area contributed by atoms with Gasteiger partial charge in [0.1, 0.15) is 6.04 Å². The second kappa shape index (κ2) is 4.07. The third kappa shape index (κ3) is 2.40. The van der Waals surface area contributed by atoms with Crippen molar-refractivity contribution in [1.82, 2.24) is 5.06 Å². The van der Waals surface area contributed by atoms with E-state index in [1.165, 1.54) is 0 Å². The number of hydrogen-bond donors (Lipinski definition) is 1. The molecule has 96 valence electrons. The topological polar surface area (TPSA) is 23.5 Å². The van der Waals surface area contributed by atoms with Gasteiger partial charge in [0.15, 0.2) is 0 Å². The predicted octanol–water partition coefficient (Wildman–Crippen LogP) is 2.52. The molecular formula is C12H26IN2O+. The molecule has 16 heavy (non-hydrogen) atoms. The van der Waals surface area contributed by atoms with Crippen molar-refractivity contribution in [2.24, 2.45) is 0 Å². The number of nitrogens with zero attached hydrogens (tertiary/aromatic N) is 2. The van der Waals surface area contributed by atoms with Gasteiger partial charge in [0.2, 0.25) is 0 Å². The van der Waals surface area contributed by atoms with E-state index in [2.05, 4.69) is 71.4 Å². The molecule has 1 aliphatic rings. The van der Waals surface area contributed by atoms with Gasteiger partial charge in [0, 0.05) is 12.0 Å². The summed E-state index contributed by atoms with van der Waals surface area (Å²) in [5, 5.41) is 11.9. The van der Waals surface area contributed by atoms with Gasteiger partial charge in [0.25, 0.3) is 0 Å². The van der Waals surface area contributed by atoms with E-state index in [1.54, 1.807) is 5.06 Å². The average Bonchev–Trinajstić information content (AvgIpc) is 2.08. The Bertz CT molecular complexity index is 271. The molecule has 0 aliphatic carbocycles. The Labute approximate surface area is 113 Å². The van der Waals surface area contributed by atoms with Gasteiger partial charge in [-0.2, -0.15) is 5.06 Å². The Balaban J connectivity index is 3.10. The zero-order valence-electron chi connectivity index (χ0n) is 11.6. The number of piperidine rings is 1. The molecule has 0 saturated carbocycles. The van der Waals surface area contributed by atoms with E-state index in [9.17, 15) is 5.21 Å². The van der Waals surface area contributed by atoms with Crippen LogP contribution in [0.4, 0.5) is 0 Å². The van der Waals surface area contributed by atoms with E-state index < -0.39 is 0 Å². The first-order chi connectivity index (χ1) is 6.90. The maximum Gasteiger partial charge on any atom is 0.104 e. The summed E-state index contributed by atoms with van der Waals surface area (Å²) in [6.45, 7) is 8.52. The molecule has 1 N–H and O–H groups in total. The quantitative estimate of drug-likeness (QED) is 0.450. The van der Waals surface area contributed by atoms with Crippen molar-refractivity contribution in [2.45, 2.75) is 55.2 Å². The Morgan fingerprint density at radius 3 is 2.00 bits per heavy atom. The van der Waals surface area contributed by atoms with E-state index in [-0.39, 0.29) is 11.1 Å². The smallest absolute Gasteiger partial charge is 0.104 e. The van der Waals surface area contributed by atoms with Crippen LogP contribution in [0.15, 0.2) is 0 Å². The van der Waals surface area contributed by atoms with Crippen LogP contribution in [0.1, 0.15) is 34.1 Å². The number of alkyl halides is 1. The maximum atomic E-state index is 10.3. The first-order valence-corrected chi connectivity index (χ1v) is 7.09. The van der Waals surface area contributed by atoms with Gasteiger partial charge in [0.05, 0.1) is 30.6 Å². The molecule has 0 amide bonds. The molecule has 0 aromatic heterocycles. The summed E-state index contributed by atoms with van der Waals surface area (Å²) in [5.41, 5.74) is -0.333. The van der Waals surface area contributed by atoms with Crippen LogP contribution in [-0.4, -0.2) is 56.9 Å². The Morgan fingerprint density at radius 2 is 1.62 bits per heavy atom. The largest absolute Gasteiger partial charge is 0.327 e. The van der Waals surface area contributed by atoms with Crippen molar-refractivity contribution in [3.63, 3.8) is 0 Å². The highest BCUT2D eigenvalue weighted by molar-refractivity contribution is 14.1. The molecule has 0 aromatic rings. The minimum absolute atomic E-state index is 0.151. The minimum Gasteiger partial charge on any atom is -0.327 e. The summed E-state index contributed by atoms with van der Waals surface area (Å²) >= 11 is 2.50. The summed E-state index contributed by atoms with van der Waals surface area (Å²) in [4.78, 5) is 0. The Hall–Kier alpha value is 0.610. The van der Waals surface area contributed by atoms with Gasteiger partial charge in [-0.15, -0.1) is 0 Å². The molecule has 1 heterocycles. The molecule has 2 atom stereocenters. The first-order valence-electron chi connectivity index (χ1n) is 5.85. The number of halogens is 1. The molecule has 2 unspecified atom stereocenters. The molecule has 1 fully saturated rings. The van der Waals surface area contributed by atoms with E-state index in [4.69, 9.17) is 0 Å². The highest BCUT2D eigenvalue weighted by Gasteiger charge is 2.54. The molecule has 0 radical (unpaired) electrons. The fraction of sp³-hybridized carbons (Fsp3) is 1.00. The minimum atomic E-state index is -0.182. The molecule has 0 spiro atoms. The van der Waals surface area contributed by atoms with Crippen LogP contribution in [0.3, 0.4) is 0 Å². The van der Waals surface area contributed by atoms with Crippen molar-refractivity contribution >= 4 is 22.6 Å². The first kappa shape index (κ1) is 14.7. The standard InChI is InChI=1S/C12H26IN2O/c1-11(2)8-9(15(5,6)7)10(13)12(3,4)14(11)16/h9-10,16H,8H2,1-7H3/q+1. The molecule has 1 saturated heterocycles. The molecule has 1 aliphatic heterocycles. The van der Waals surface area contributed by atoms with Crippen molar-refractivity contribution in [3.8, 4) is 0 Å². The van der Waals surface area contributed by atoms with Crippen LogP contribution in [-0.2, 0) is 0 Å². The monoisotopic (exact) mass is 341 g/mol. The molecule has 0 aromatic carbocycles. The molecular weight excluding hydrogens is 315 g/mol. The van der Waals surface area contributed by atoms with E-state index >= 15 is 0 Å². The van der Waals surface area contributed by atoms with Crippen LogP contribution >= 0.6 is 22.6 Å². The molecule has 1 rings (SSSR count). The second-order valence-electron chi connectivity index (χ2n) is 7.07. The maximum absolute atomic E-state index is 10.3. The fourth-order valence-corrected chi connectivity index (χ4v) is 4.22. The third-order valence-electron chi connectivity index (χ3n) is 3.84. The van der Waals surface area contributed by atoms with Gasteiger partial charge >= 0.3 is 0 Å². The van der Waals surface area contributed by atoms with Crippen LogP contribution in [0.25, 0.3) is 0 Å². The Morgan fingerprint density at radius 1 is 1.19 bits per heavy atom. The normalized spacial score (nSPS) is 35.1. The van der Waals surface area contributed by atoms with E-state index in [0.717, 1.165) is 10.9 Å². The highest BCUT2D eigenvalue weighted by Crippen LogP contribution is 2.43. The lowest BCUT2D eigenvalue weighted by atomic mass is 9.78. The fourth-order valence-electron chi connectivity index (χ4n) is 2.74. The zero-order valence-corrected chi connectivity index (χ0v) is 13.7. The van der Waals surface area contributed by atoms with Crippen LogP contribution in [0.2, 0.25) is 0 Å². The second-order valence-corrected chi connectivity index (χ2v) is 8.41. The molecule has 3 nitrogen and oxygen atoms in total. The lowest BCUT2D eigenvalue weighted by molar-refractivity contribution is -0.898. The van der Waals surface area contributed by atoms with E-state index in [0.29, 0.717) is 9.97 Å². The summed E-state index contributed by atoms with van der Waals surface area (Å²) in [7, 11) is 6.74. The van der Waals surface area contributed by atoms with Gasteiger partial charge in [-0.25, -0.2) is 0 Å². The predicted molar refractivity (Wildman–Crippen MR) is 76.0 cm³/mol. The summed E-state index contributed by atoms with van der Waals surface area (Å²) in [5.74, 6) is 0. The summed E-state index contributed by atoms with van der Waals surface area (Å²) in [6.07, 6.45) is 1.02. The van der Waals surface area contributed by atoms with Crippen LogP contribution in [0.5, 0.6) is 0 Å². The van der Waals surface area contributed by atoms with Crippen molar-refractivity contribution < 1.29 is 9.69 Å². The highest BCUT2D eigenvalue weighted by atomic mass is 127. The van der Waals surface area contributed by atoms with Gasteiger partial charge in [-0.3, -0.25) is 0 Å². The number of rotatable bonds is 1. The Kier molecular flexibility index (Phi) is 3.73. The zero-order chi connectivity index (χ0) is 12.9. The van der Waals surface area contributed by atoms with Crippen molar-refractivity contribution in [2.75, 3.05) is 21.1 Å².